The minimum absolute atomic E-state index is 0. The predicted octanol–water partition coefficient (Wildman–Crippen LogP) is 2.22. The van der Waals surface area contributed by atoms with Gasteiger partial charge in [0.05, 0.1) is 7.11 Å². The standard InChI is InChI=1S/C22H22ClNO2.ClH/c1-25-21-9-5-8-19(15-24-14-17-6-3-2-4-7-17)22(21)26-16-18-10-12-20(23)13-11-18;/h2-13,24H,14-16H2,1H3;1H/p-1. The normalized spacial score (nSPS) is 10.1. The van der Waals surface area contributed by atoms with Crippen LogP contribution < -0.4 is 27.2 Å². The Bertz CT molecular complexity index is 823. The topological polar surface area (TPSA) is 30.5 Å². The lowest BCUT2D eigenvalue weighted by molar-refractivity contribution is -0.00000569. The van der Waals surface area contributed by atoms with Crippen molar-refractivity contribution in [2.75, 3.05) is 7.11 Å². The van der Waals surface area contributed by atoms with Gasteiger partial charge in [0.2, 0.25) is 0 Å². The fourth-order valence-corrected chi connectivity index (χ4v) is 2.82. The minimum Gasteiger partial charge on any atom is -1.00 e. The minimum atomic E-state index is 0. The molecule has 0 bridgehead atoms. The Morgan fingerprint density at radius 3 is 2.26 bits per heavy atom. The number of rotatable bonds is 8. The highest BCUT2D eigenvalue weighted by atomic mass is 35.5. The van der Waals surface area contributed by atoms with Crippen LogP contribution in [0.5, 0.6) is 11.5 Å². The number of ether oxygens (including phenoxy) is 2. The van der Waals surface area contributed by atoms with Crippen molar-refractivity contribution in [1.29, 1.82) is 0 Å². The lowest BCUT2D eigenvalue weighted by atomic mass is 10.1. The molecule has 0 aliphatic rings. The van der Waals surface area contributed by atoms with Gasteiger partial charge in [0.25, 0.3) is 0 Å². The first-order chi connectivity index (χ1) is 12.8. The van der Waals surface area contributed by atoms with Gasteiger partial charge in [0.15, 0.2) is 11.5 Å². The van der Waals surface area contributed by atoms with Crippen LogP contribution in [0.4, 0.5) is 0 Å². The Hall–Kier alpha value is -2.20. The lowest BCUT2D eigenvalue weighted by Crippen LogP contribution is -3.00. The second-order valence-electron chi connectivity index (χ2n) is 5.95. The van der Waals surface area contributed by atoms with Crippen molar-refractivity contribution in [2.24, 2.45) is 0 Å². The maximum atomic E-state index is 6.08. The number of methoxy groups -OCH3 is 1. The summed E-state index contributed by atoms with van der Waals surface area (Å²) in [5, 5.41) is 4.18. The molecule has 0 atom stereocenters. The molecule has 0 saturated carbocycles. The highest BCUT2D eigenvalue weighted by molar-refractivity contribution is 6.30. The summed E-state index contributed by atoms with van der Waals surface area (Å²) < 4.78 is 11.6. The van der Waals surface area contributed by atoms with Crippen molar-refractivity contribution in [2.45, 2.75) is 19.7 Å². The molecular formula is C22H22Cl2NO2-. The molecule has 3 aromatic rings. The number of hydrogen-bond acceptors (Lipinski definition) is 3. The maximum absolute atomic E-state index is 6.08. The average molecular weight is 403 g/mol. The van der Waals surface area contributed by atoms with Crippen LogP contribution >= 0.6 is 11.6 Å². The van der Waals surface area contributed by atoms with Crippen molar-refractivity contribution >= 4 is 11.6 Å². The number of hydrogen-bond donors (Lipinski definition) is 1. The Labute approximate surface area is 171 Å². The molecule has 0 aromatic heterocycles. The summed E-state index contributed by atoms with van der Waals surface area (Å²) >= 11 is 5.94. The molecule has 0 spiro atoms. The zero-order chi connectivity index (χ0) is 18.2. The SMILES string of the molecule is COc1cccc(CNCc2ccccc2)c1OCc1ccc(Cl)cc1.[Cl-]. The molecule has 0 aliphatic heterocycles. The first-order valence-electron chi connectivity index (χ1n) is 8.54. The van der Waals surface area contributed by atoms with E-state index in [0.29, 0.717) is 13.2 Å². The Balaban J connectivity index is 0.00000261. The molecule has 142 valence electrons. The molecule has 0 heterocycles. The highest BCUT2D eigenvalue weighted by Crippen LogP contribution is 2.32. The number of nitrogens with one attached hydrogen (secondary N) is 1. The van der Waals surface area contributed by atoms with Crippen molar-refractivity contribution < 1.29 is 21.9 Å². The summed E-state index contributed by atoms with van der Waals surface area (Å²) in [5.41, 5.74) is 3.37. The molecule has 1 N–H and O–H groups in total. The molecule has 3 aromatic carbocycles. The molecule has 0 saturated heterocycles. The van der Waals surface area contributed by atoms with Gasteiger partial charge < -0.3 is 27.2 Å². The van der Waals surface area contributed by atoms with Crippen molar-refractivity contribution in [1.82, 2.24) is 5.32 Å². The van der Waals surface area contributed by atoms with E-state index in [0.717, 1.165) is 34.2 Å². The molecule has 5 heteroatoms. The molecule has 3 nitrogen and oxygen atoms in total. The predicted molar refractivity (Wildman–Crippen MR) is 106 cm³/mol. The average Bonchev–Trinajstić information content (AvgIpc) is 2.69. The third-order valence-corrected chi connectivity index (χ3v) is 4.32. The van der Waals surface area contributed by atoms with Gasteiger partial charge in [-0.1, -0.05) is 66.2 Å². The van der Waals surface area contributed by atoms with Gasteiger partial charge in [-0.3, -0.25) is 0 Å². The number of halogens is 2. The molecule has 0 aliphatic carbocycles. The third kappa shape index (κ3) is 6.17. The molecular weight excluding hydrogens is 381 g/mol. The second kappa shape index (κ2) is 10.8. The summed E-state index contributed by atoms with van der Waals surface area (Å²) in [4.78, 5) is 0. The largest absolute Gasteiger partial charge is 1.00 e. The maximum Gasteiger partial charge on any atom is 0.166 e. The summed E-state index contributed by atoms with van der Waals surface area (Å²) in [6.45, 7) is 1.96. The molecule has 0 unspecified atom stereocenters. The second-order valence-corrected chi connectivity index (χ2v) is 6.39. The fraction of sp³-hybridized carbons (Fsp3) is 0.182. The van der Waals surface area contributed by atoms with Crippen LogP contribution in [-0.2, 0) is 19.7 Å². The molecule has 0 amide bonds. The van der Waals surface area contributed by atoms with Gasteiger partial charge >= 0.3 is 0 Å². The number of para-hydroxylation sites is 1. The van der Waals surface area contributed by atoms with Gasteiger partial charge in [-0.2, -0.15) is 0 Å². The van der Waals surface area contributed by atoms with E-state index >= 15 is 0 Å². The zero-order valence-corrected chi connectivity index (χ0v) is 16.6. The quantitative estimate of drug-likeness (QED) is 0.626. The van der Waals surface area contributed by atoms with Crippen LogP contribution in [0.25, 0.3) is 0 Å². The zero-order valence-electron chi connectivity index (χ0n) is 15.1. The van der Waals surface area contributed by atoms with Crippen LogP contribution in [0.2, 0.25) is 5.02 Å². The van der Waals surface area contributed by atoms with E-state index < -0.39 is 0 Å². The smallest absolute Gasteiger partial charge is 0.166 e. The van der Waals surface area contributed by atoms with Gasteiger partial charge in [-0.05, 0) is 29.3 Å². The lowest BCUT2D eigenvalue weighted by Gasteiger charge is -2.16. The Morgan fingerprint density at radius 1 is 0.815 bits per heavy atom. The van der Waals surface area contributed by atoms with Crippen LogP contribution in [-0.4, -0.2) is 7.11 Å². The van der Waals surface area contributed by atoms with Crippen LogP contribution in [0.1, 0.15) is 16.7 Å². The van der Waals surface area contributed by atoms with Gasteiger partial charge in [-0.15, -0.1) is 0 Å². The van der Waals surface area contributed by atoms with E-state index in [1.807, 2.05) is 54.6 Å². The van der Waals surface area contributed by atoms with Crippen LogP contribution in [0.3, 0.4) is 0 Å². The first-order valence-corrected chi connectivity index (χ1v) is 8.92. The van der Waals surface area contributed by atoms with Crippen molar-refractivity contribution in [3.63, 3.8) is 0 Å². The summed E-state index contributed by atoms with van der Waals surface area (Å²) in [6.07, 6.45) is 0. The first kappa shape index (κ1) is 21.1. The molecule has 0 radical (unpaired) electrons. The molecule has 3 rings (SSSR count). The summed E-state index contributed by atoms with van der Waals surface area (Å²) in [7, 11) is 1.66. The van der Waals surface area contributed by atoms with Gasteiger partial charge in [0, 0.05) is 23.7 Å². The Kier molecular flexibility index (Phi) is 8.46. The molecule has 0 fully saturated rings. The van der Waals surface area contributed by atoms with E-state index in [1.54, 1.807) is 7.11 Å². The summed E-state index contributed by atoms with van der Waals surface area (Å²) in [5.74, 6) is 1.50. The van der Waals surface area contributed by atoms with E-state index in [2.05, 4.69) is 23.5 Å². The molecule has 27 heavy (non-hydrogen) atoms. The van der Waals surface area contributed by atoms with Crippen LogP contribution in [0.15, 0.2) is 72.8 Å². The Morgan fingerprint density at radius 2 is 1.56 bits per heavy atom. The van der Waals surface area contributed by atoms with Crippen LogP contribution in [0, 0.1) is 0 Å². The number of benzene rings is 3. The van der Waals surface area contributed by atoms with Crippen molar-refractivity contribution in [3.05, 3.63) is 94.5 Å². The van der Waals surface area contributed by atoms with E-state index in [1.165, 1.54) is 5.56 Å². The van der Waals surface area contributed by atoms with E-state index in [4.69, 9.17) is 21.1 Å². The fourth-order valence-electron chi connectivity index (χ4n) is 2.70. The van der Waals surface area contributed by atoms with Gasteiger partial charge in [-0.25, -0.2) is 0 Å². The monoisotopic (exact) mass is 402 g/mol. The van der Waals surface area contributed by atoms with E-state index in [-0.39, 0.29) is 12.4 Å². The van der Waals surface area contributed by atoms with Crippen molar-refractivity contribution in [3.8, 4) is 11.5 Å². The third-order valence-electron chi connectivity index (χ3n) is 4.06. The van der Waals surface area contributed by atoms with Gasteiger partial charge in [0.1, 0.15) is 6.61 Å². The summed E-state index contributed by atoms with van der Waals surface area (Å²) in [6, 6.07) is 23.9. The van der Waals surface area contributed by atoms with E-state index in [9.17, 15) is 0 Å². The highest BCUT2D eigenvalue weighted by Gasteiger charge is 2.11.